The maximum absolute atomic E-state index is 10.9. The van der Waals surface area contributed by atoms with Crippen LogP contribution in [0.15, 0.2) is 12.2 Å². The van der Waals surface area contributed by atoms with Gasteiger partial charge in [-0.1, -0.05) is 20.4 Å². The lowest BCUT2D eigenvalue weighted by Gasteiger charge is -2.17. The minimum absolute atomic E-state index is 0.244. The Bertz CT molecular complexity index is 214. The largest absolute Gasteiger partial charge is 0.421 e. The van der Waals surface area contributed by atoms with Crippen LogP contribution in [0.4, 0.5) is 0 Å². The average molecular weight is 200 g/mol. The molecule has 0 saturated carbocycles. The predicted octanol–water partition coefficient (Wildman–Crippen LogP) is 1.79. The lowest BCUT2D eigenvalue weighted by Crippen LogP contribution is -2.24. The van der Waals surface area contributed by atoms with Gasteiger partial charge in [-0.15, -0.1) is 0 Å². The highest BCUT2D eigenvalue weighted by molar-refractivity contribution is 5.71. The fraction of sp³-hybridized carbons (Fsp3) is 0.600. The Morgan fingerprint density at radius 1 is 1.14 bits per heavy atom. The molecule has 0 aliphatic heterocycles. The Morgan fingerprint density at radius 2 is 1.50 bits per heavy atom. The van der Waals surface area contributed by atoms with Crippen molar-refractivity contribution in [2.75, 3.05) is 0 Å². The third kappa shape index (κ3) is 4.64. The molecule has 80 valence electrons. The third-order valence-corrected chi connectivity index (χ3v) is 1.46. The minimum Gasteiger partial charge on any atom is -0.421 e. The standard InChI is InChI=1S/C10H16O4/c1-5-8(11)13-10(7(3)4)14-9(12)6-2/h10H,3,5-6H2,1-2,4H3. The fourth-order valence-electron chi connectivity index (χ4n) is 0.631. The van der Waals surface area contributed by atoms with E-state index in [4.69, 9.17) is 9.47 Å². The molecule has 0 heterocycles. The van der Waals surface area contributed by atoms with Gasteiger partial charge in [-0.3, -0.25) is 9.59 Å². The van der Waals surface area contributed by atoms with Crippen molar-refractivity contribution in [1.29, 1.82) is 0 Å². The monoisotopic (exact) mass is 200 g/mol. The van der Waals surface area contributed by atoms with Crippen LogP contribution in [-0.2, 0) is 19.1 Å². The molecule has 0 aromatic rings. The molecule has 0 aromatic carbocycles. The highest BCUT2D eigenvalue weighted by Gasteiger charge is 2.17. The Labute approximate surface area is 83.9 Å². The van der Waals surface area contributed by atoms with Crippen LogP contribution in [0, 0.1) is 0 Å². The van der Waals surface area contributed by atoms with Crippen molar-refractivity contribution in [3.8, 4) is 0 Å². The van der Waals surface area contributed by atoms with E-state index in [-0.39, 0.29) is 12.8 Å². The van der Waals surface area contributed by atoms with Gasteiger partial charge in [-0.05, 0) is 6.92 Å². The highest BCUT2D eigenvalue weighted by Crippen LogP contribution is 2.08. The molecule has 0 unspecified atom stereocenters. The van der Waals surface area contributed by atoms with Crippen molar-refractivity contribution in [3.05, 3.63) is 12.2 Å². The zero-order valence-corrected chi connectivity index (χ0v) is 8.83. The van der Waals surface area contributed by atoms with Crippen LogP contribution in [0.2, 0.25) is 0 Å². The van der Waals surface area contributed by atoms with E-state index in [2.05, 4.69) is 6.58 Å². The number of carbonyl (C=O) groups excluding carboxylic acids is 2. The molecule has 0 aromatic heterocycles. The maximum Gasteiger partial charge on any atom is 0.308 e. The van der Waals surface area contributed by atoms with Gasteiger partial charge in [0.05, 0.1) is 0 Å². The van der Waals surface area contributed by atoms with Gasteiger partial charge in [-0.25, -0.2) is 0 Å². The van der Waals surface area contributed by atoms with E-state index in [0.717, 1.165) is 0 Å². The van der Waals surface area contributed by atoms with Crippen molar-refractivity contribution in [1.82, 2.24) is 0 Å². The third-order valence-electron chi connectivity index (χ3n) is 1.46. The summed E-state index contributed by atoms with van der Waals surface area (Å²) >= 11 is 0. The Kier molecular flexibility index (Phi) is 5.60. The first-order valence-electron chi connectivity index (χ1n) is 4.55. The maximum atomic E-state index is 10.9. The summed E-state index contributed by atoms with van der Waals surface area (Å²) in [5.41, 5.74) is 0.494. The molecule has 0 saturated heterocycles. The molecule has 14 heavy (non-hydrogen) atoms. The Morgan fingerprint density at radius 3 is 1.71 bits per heavy atom. The summed E-state index contributed by atoms with van der Waals surface area (Å²) in [5.74, 6) is -0.830. The van der Waals surface area contributed by atoms with Gasteiger partial charge in [0.1, 0.15) is 0 Å². The van der Waals surface area contributed by atoms with Gasteiger partial charge in [0.15, 0.2) is 0 Å². The smallest absolute Gasteiger partial charge is 0.308 e. The highest BCUT2D eigenvalue weighted by atomic mass is 16.7. The quantitative estimate of drug-likeness (QED) is 0.385. The topological polar surface area (TPSA) is 52.6 Å². The first kappa shape index (κ1) is 12.7. The SMILES string of the molecule is C=C(C)C(OC(=O)CC)OC(=O)CC. The van der Waals surface area contributed by atoms with Gasteiger partial charge in [0.2, 0.25) is 0 Å². The summed E-state index contributed by atoms with van der Waals surface area (Å²) in [5, 5.41) is 0. The van der Waals surface area contributed by atoms with E-state index in [9.17, 15) is 9.59 Å². The first-order valence-corrected chi connectivity index (χ1v) is 4.55. The van der Waals surface area contributed by atoms with Crippen LogP contribution in [-0.4, -0.2) is 18.2 Å². The summed E-state index contributed by atoms with van der Waals surface area (Å²) < 4.78 is 9.70. The first-order chi connectivity index (χ1) is 6.51. The van der Waals surface area contributed by atoms with E-state index in [1.807, 2.05) is 0 Å². The van der Waals surface area contributed by atoms with Gasteiger partial charge in [0, 0.05) is 18.4 Å². The molecular weight excluding hydrogens is 184 g/mol. The number of carbonyl (C=O) groups is 2. The lowest BCUT2D eigenvalue weighted by molar-refractivity contribution is -0.180. The number of ether oxygens (including phenoxy) is 2. The number of esters is 2. The second-order valence-corrected chi connectivity index (χ2v) is 2.87. The number of hydrogen-bond donors (Lipinski definition) is 0. The molecule has 0 spiro atoms. The van der Waals surface area contributed by atoms with Crippen LogP contribution < -0.4 is 0 Å². The fourth-order valence-corrected chi connectivity index (χ4v) is 0.631. The summed E-state index contributed by atoms with van der Waals surface area (Å²) in [7, 11) is 0. The molecule has 0 atom stereocenters. The predicted molar refractivity (Wildman–Crippen MR) is 51.4 cm³/mol. The molecule has 0 bridgehead atoms. The Hall–Kier alpha value is -1.32. The molecule has 4 heteroatoms. The molecule has 0 N–H and O–H groups in total. The van der Waals surface area contributed by atoms with Crippen LogP contribution >= 0.6 is 0 Å². The van der Waals surface area contributed by atoms with Crippen molar-refractivity contribution in [2.45, 2.75) is 39.9 Å². The van der Waals surface area contributed by atoms with Gasteiger partial charge >= 0.3 is 11.9 Å². The van der Waals surface area contributed by atoms with Gasteiger partial charge < -0.3 is 9.47 Å². The summed E-state index contributed by atoms with van der Waals surface area (Å²) in [6, 6.07) is 0. The van der Waals surface area contributed by atoms with E-state index in [1.54, 1.807) is 20.8 Å². The van der Waals surface area contributed by atoms with Crippen molar-refractivity contribution in [3.63, 3.8) is 0 Å². The second-order valence-electron chi connectivity index (χ2n) is 2.87. The molecule has 0 aliphatic carbocycles. The molecular formula is C10H16O4. The molecule has 4 nitrogen and oxygen atoms in total. The van der Waals surface area contributed by atoms with E-state index >= 15 is 0 Å². The summed E-state index contributed by atoms with van der Waals surface area (Å²) in [4.78, 5) is 21.9. The van der Waals surface area contributed by atoms with Gasteiger partial charge in [0.25, 0.3) is 6.29 Å². The average Bonchev–Trinajstić information content (AvgIpc) is 2.16. The van der Waals surface area contributed by atoms with E-state index < -0.39 is 18.2 Å². The Balaban J connectivity index is 4.23. The van der Waals surface area contributed by atoms with Crippen LogP contribution in [0.1, 0.15) is 33.6 Å². The van der Waals surface area contributed by atoms with Crippen LogP contribution in [0.25, 0.3) is 0 Å². The van der Waals surface area contributed by atoms with E-state index in [0.29, 0.717) is 5.57 Å². The van der Waals surface area contributed by atoms with E-state index in [1.165, 1.54) is 0 Å². The summed E-state index contributed by atoms with van der Waals surface area (Å²) in [6.45, 7) is 8.54. The number of hydrogen-bond acceptors (Lipinski definition) is 4. The van der Waals surface area contributed by atoms with Crippen LogP contribution in [0.3, 0.4) is 0 Å². The van der Waals surface area contributed by atoms with Crippen LogP contribution in [0.5, 0.6) is 0 Å². The molecule has 0 radical (unpaired) electrons. The van der Waals surface area contributed by atoms with Crippen molar-refractivity contribution < 1.29 is 19.1 Å². The minimum atomic E-state index is -0.949. The zero-order valence-electron chi connectivity index (χ0n) is 8.83. The molecule has 0 aliphatic rings. The molecule has 0 rings (SSSR count). The number of rotatable bonds is 5. The van der Waals surface area contributed by atoms with Crippen molar-refractivity contribution in [2.24, 2.45) is 0 Å². The second kappa shape index (κ2) is 6.18. The van der Waals surface area contributed by atoms with Gasteiger partial charge in [-0.2, -0.15) is 0 Å². The molecule has 0 fully saturated rings. The molecule has 0 amide bonds. The lowest BCUT2D eigenvalue weighted by atomic mass is 10.3. The van der Waals surface area contributed by atoms with Crippen molar-refractivity contribution >= 4 is 11.9 Å². The normalized spacial score (nSPS) is 9.71. The summed E-state index contributed by atoms with van der Waals surface area (Å²) in [6.07, 6.45) is -0.462. The zero-order chi connectivity index (χ0) is 11.1.